The summed E-state index contributed by atoms with van der Waals surface area (Å²) in [5, 5.41) is 1.96. The van der Waals surface area contributed by atoms with E-state index in [4.69, 9.17) is 11.6 Å². The monoisotopic (exact) mass is 249 g/mol. The van der Waals surface area contributed by atoms with E-state index in [1.165, 1.54) is 11.1 Å². The minimum absolute atomic E-state index is 0.757. The largest absolute Gasteiger partial charge is 0.327 e. The number of fused-ring (bicyclic) bond motifs is 3. The van der Waals surface area contributed by atoms with Gasteiger partial charge in [0.25, 0.3) is 0 Å². The van der Waals surface area contributed by atoms with Gasteiger partial charge in [-0.1, -0.05) is 18.5 Å². The maximum atomic E-state index is 6.13. The number of hydrogen-bond acceptors (Lipinski definition) is 2. The number of aromatic nitrogens is 2. The summed E-state index contributed by atoms with van der Waals surface area (Å²) in [5.41, 5.74) is 3.57. The summed E-state index contributed by atoms with van der Waals surface area (Å²) in [7, 11) is 0. The lowest BCUT2D eigenvalue weighted by Crippen LogP contribution is -2.33. The van der Waals surface area contributed by atoms with Gasteiger partial charge in [-0.2, -0.15) is 0 Å². The van der Waals surface area contributed by atoms with E-state index in [1.807, 2.05) is 0 Å². The van der Waals surface area contributed by atoms with Crippen molar-refractivity contribution < 1.29 is 0 Å². The average Bonchev–Trinajstić information content (AvgIpc) is 2.72. The van der Waals surface area contributed by atoms with Gasteiger partial charge in [0.05, 0.1) is 5.02 Å². The molecule has 2 aromatic heterocycles. The van der Waals surface area contributed by atoms with E-state index in [2.05, 4.69) is 34.4 Å². The number of aryl methyl sites for hydroxylation is 1. The molecule has 0 saturated heterocycles. The first kappa shape index (κ1) is 11.1. The van der Waals surface area contributed by atoms with Crippen molar-refractivity contribution in [2.75, 3.05) is 13.1 Å². The zero-order valence-electron chi connectivity index (χ0n) is 10.2. The number of rotatable bonds is 1. The molecule has 3 heterocycles. The third-order valence-corrected chi connectivity index (χ3v) is 4.07. The first-order chi connectivity index (χ1) is 8.20. The van der Waals surface area contributed by atoms with Crippen LogP contribution in [0.1, 0.15) is 18.2 Å². The zero-order chi connectivity index (χ0) is 12.0. The molecule has 0 N–H and O–H groups in total. The van der Waals surface area contributed by atoms with Crippen molar-refractivity contribution >= 4 is 22.6 Å². The summed E-state index contributed by atoms with van der Waals surface area (Å²) >= 11 is 6.13. The molecule has 4 heteroatoms. The van der Waals surface area contributed by atoms with E-state index in [1.54, 1.807) is 6.20 Å². The summed E-state index contributed by atoms with van der Waals surface area (Å²) in [6, 6.07) is 2.24. The van der Waals surface area contributed by atoms with Crippen LogP contribution < -0.4 is 0 Å². The van der Waals surface area contributed by atoms with Crippen LogP contribution in [0.2, 0.25) is 5.02 Å². The Kier molecular flexibility index (Phi) is 2.60. The highest BCUT2D eigenvalue weighted by Gasteiger charge is 2.19. The number of nitrogens with zero attached hydrogens (tertiary/aromatic N) is 3. The van der Waals surface area contributed by atoms with E-state index in [0.717, 1.165) is 42.4 Å². The predicted molar refractivity (Wildman–Crippen MR) is 70.4 cm³/mol. The van der Waals surface area contributed by atoms with Gasteiger partial charge in [-0.3, -0.25) is 4.90 Å². The molecule has 3 rings (SSSR count). The molecule has 0 aromatic carbocycles. The Hall–Kier alpha value is -1.06. The van der Waals surface area contributed by atoms with Gasteiger partial charge in [0, 0.05) is 36.9 Å². The predicted octanol–water partition coefficient (Wildman–Crippen LogP) is 2.83. The van der Waals surface area contributed by atoms with Gasteiger partial charge in [-0.15, -0.1) is 0 Å². The van der Waals surface area contributed by atoms with Crippen LogP contribution in [0.25, 0.3) is 11.0 Å². The first-order valence-electron chi connectivity index (χ1n) is 6.06. The van der Waals surface area contributed by atoms with E-state index in [0.29, 0.717) is 0 Å². The molecule has 0 bridgehead atoms. The number of pyridine rings is 1. The fraction of sp³-hybridized carbons (Fsp3) is 0.462. The van der Waals surface area contributed by atoms with Crippen LogP contribution >= 0.6 is 11.6 Å². The molecular formula is C13H16ClN3. The Balaban J connectivity index is 2.18. The molecule has 1 aliphatic heterocycles. The summed E-state index contributed by atoms with van der Waals surface area (Å²) < 4.78 is 2.32. The normalized spacial score (nSPS) is 16.4. The van der Waals surface area contributed by atoms with Crippen LogP contribution in [0.15, 0.2) is 12.3 Å². The molecule has 90 valence electrons. The van der Waals surface area contributed by atoms with Crippen LogP contribution in [0, 0.1) is 6.92 Å². The zero-order valence-corrected chi connectivity index (χ0v) is 11.0. The average molecular weight is 250 g/mol. The second-order valence-corrected chi connectivity index (χ2v) is 5.03. The first-order valence-corrected chi connectivity index (χ1v) is 6.44. The summed E-state index contributed by atoms with van der Waals surface area (Å²) in [6.45, 7) is 8.53. The third-order valence-electron chi connectivity index (χ3n) is 3.69. The molecule has 0 saturated carbocycles. The molecule has 0 atom stereocenters. The third kappa shape index (κ3) is 1.65. The molecule has 0 aliphatic carbocycles. The standard InChI is InChI=1S/C13H16ClN3/c1-3-16-4-5-17-10(8-16)6-11-9(2)12(14)7-15-13(11)17/h6-7H,3-5,8H2,1-2H3. The van der Waals surface area contributed by atoms with Crippen molar-refractivity contribution in [1.29, 1.82) is 0 Å². The second kappa shape index (κ2) is 4.00. The van der Waals surface area contributed by atoms with Crippen LogP contribution in [-0.2, 0) is 13.1 Å². The molecule has 0 unspecified atom stereocenters. The highest BCUT2D eigenvalue weighted by Crippen LogP contribution is 2.28. The van der Waals surface area contributed by atoms with E-state index in [-0.39, 0.29) is 0 Å². The Labute approximate surface area is 106 Å². The SMILES string of the molecule is CCN1CCn2c(cc3c(C)c(Cl)cnc32)C1. The molecule has 0 fully saturated rings. The molecule has 0 amide bonds. The second-order valence-electron chi connectivity index (χ2n) is 4.62. The minimum atomic E-state index is 0.757. The fourth-order valence-electron chi connectivity index (χ4n) is 2.55. The highest BCUT2D eigenvalue weighted by molar-refractivity contribution is 6.32. The van der Waals surface area contributed by atoms with Crippen LogP contribution in [-0.4, -0.2) is 27.5 Å². The van der Waals surface area contributed by atoms with Gasteiger partial charge in [0.2, 0.25) is 0 Å². The van der Waals surface area contributed by atoms with E-state index < -0.39 is 0 Å². The van der Waals surface area contributed by atoms with E-state index in [9.17, 15) is 0 Å². The smallest absolute Gasteiger partial charge is 0.140 e. The minimum Gasteiger partial charge on any atom is -0.327 e. The summed E-state index contributed by atoms with van der Waals surface area (Å²) in [5.74, 6) is 0. The summed E-state index contributed by atoms with van der Waals surface area (Å²) in [4.78, 5) is 6.93. The fourth-order valence-corrected chi connectivity index (χ4v) is 2.70. The van der Waals surface area contributed by atoms with Gasteiger partial charge >= 0.3 is 0 Å². The maximum Gasteiger partial charge on any atom is 0.140 e. The van der Waals surface area contributed by atoms with Crippen molar-refractivity contribution in [3.05, 3.63) is 28.5 Å². The van der Waals surface area contributed by atoms with Crippen molar-refractivity contribution in [1.82, 2.24) is 14.5 Å². The number of hydrogen-bond donors (Lipinski definition) is 0. The Morgan fingerprint density at radius 3 is 3.00 bits per heavy atom. The van der Waals surface area contributed by atoms with Gasteiger partial charge in [0.15, 0.2) is 0 Å². The van der Waals surface area contributed by atoms with Gasteiger partial charge in [0.1, 0.15) is 5.65 Å². The summed E-state index contributed by atoms with van der Waals surface area (Å²) in [6.07, 6.45) is 1.76. The molecule has 2 aromatic rings. The Morgan fingerprint density at radius 2 is 2.24 bits per heavy atom. The highest BCUT2D eigenvalue weighted by atomic mass is 35.5. The van der Waals surface area contributed by atoms with Crippen molar-refractivity contribution in [3.63, 3.8) is 0 Å². The Bertz CT molecular complexity index is 574. The van der Waals surface area contributed by atoms with Crippen molar-refractivity contribution in [2.24, 2.45) is 0 Å². The van der Waals surface area contributed by atoms with Crippen LogP contribution in [0.4, 0.5) is 0 Å². The lowest BCUT2D eigenvalue weighted by Gasteiger charge is -2.27. The lowest BCUT2D eigenvalue weighted by atomic mass is 10.2. The molecular weight excluding hydrogens is 234 g/mol. The van der Waals surface area contributed by atoms with Crippen LogP contribution in [0.3, 0.4) is 0 Å². The molecule has 0 radical (unpaired) electrons. The lowest BCUT2D eigenvalue weighted by molar-refractivity contribution is 0.234. The molecule has 17 heavy (non-hydrogen) atoms. The van der Waals surface area contributed by atoms with Gasteiger partial charge in [-0.25, -0.2) is 4.98 Å². The van der Waals surface area contributed by atoms with Crippen LogP contribution in [0.5, 0.6) is 0 Å². The van der Waals surface area contributed by atoms with E-state index >= 15 is 0 Å². The molecule has 1 aliphatic rings. The molecule has 0 spiro atoms. The number of likely N-dealkylation sites (N-methyl/N-ethyl adjacent to an activating group) is 1. The maximum absolute atomic E-state index is 6.13. The van der Waals surface area contributed by atoms with Crippen molar-refractivity contribution in [2.45, 2.75) is 26.9 Å². The van der Waals surface area contributed by atoms with Crippen molar-refractivity contribution in [3.8, 4) is 0 Å². The van der Waals surface area contributed by atoms with Gasteiger partial charge < -0.3 is 4.57 Å². The number of halogens is 1. The molecule has 3 nitrogen and oxygen atoms in total. The quantitative estimate of drug-likeness (QED) is 0.775. The topological polar surface area (TPSA) is 21.1 Å². The van der Waals surface area contributed by atoms with Gasteiger partial charge in [-0.05, 0) is 25.1 Å². The Morgan fingerprint density at radius 1 is 1.41 bits per heavy atom.